The van der Waals surface area contributed by atoms with Crippen LogP contribution >= 0.6 is 12.6 Å². The SMILES string of the molecule is CCCCC(F)(F)C(=O)CCC1C(C/C=C\CCCC(=O)OC)C(=O)C[C@H]1S. The molecule has 1 fully saturated rings. The summed E-state index contributed by atoms with van der Waals surface area (Å²) in [6, 6.07) is 0. The van der Waals surface area contributed by atoms with E-state index in [0.717, 1.165) is 0 Å². The largest absolute Gasteiger partial charge is 0.469 e. The molecule has 0 saturated heterocycles. The third-order valence-electron chi connectivity index (χ3n) is 5.33. The fraction of sp³-hybridized carbons (Fsp3) is 0.762. The van der Waals surface area contributed by atoms with Gasteiger partial charge in [0.25, 0.3) is 0 Å². The minimum atomic E-state index is -3.28. The highest BCUT2D eigenvalue weighted by Gasteiger charge is 2.42. The predicted molar refractivity (Wildman–Crippen MR) is 108 cm³/mol. The Kier molecular flexibility index (Phi) is 10.9. The number of hydrogen-bond acceptors (Lipinski definition) is 5. The number of ether oxygens (including phenoxy) is 1. The average Bonchev–Trinajstić information content (AvgIpc) is 2.93. The third kappa shape index (κ3) is 8.02. The number of methoxy groups -OCH3 is 1. The highest BCUT2D eigenvalue weighted by atomic mass is 32.1. The Morgan fingerprint density at radius 3 is 2.61 bits per heavy atom. The van der Waals surface area contributed by atoms with Crippen LogP contribution in [-0.2, 0) is 19.1 Å². The first kappa shape index (κ1) is 24.8. The number of alkyl halides is 2. The fourth-order valence-electron chi connectivity index (χ4n) is 3.56. The molecule has 1 aliphatic rings. The summed E-state index contributed by atoms with van der Waals surface area (Å²) < 4.78 is 32.3. The number of carbonyl (C=O) groups is 3. The topological polar surface area (TPSA) is 60.4 Å². The van der Waals surface area contributed by atoms with Crippen molar-refractivity contribution in [2.45, 2.75) is 82.3 Å². The second-order valence-corrected chi connectivity index (χ2v) is 8.12. The van der Waals surface area contributed by atoms with Crippen molar-refractivity contribution in [1.29, 1.82) is 0 Å². The molecule has 0 spiro atoms. The maximum absolute atomic E-state index is 13.9. The minimum absolute atomic E-state index is 0.0782. The molecule has 0 aliphatic heterocycles. The zero-order valence-electron chi connectivity index (χ0n) is 16.8. The standard InChI is InChI=1S/C21H32F2O4S/c1-3-4-13-21(22,23)19(25)12-11-16-15(17(24)14-18(16)28)9-7-5-6-8-10-20(26)27-2/h5,7,15-16,18,28H,3-4,6,8-14H2,1-2H3/b7-5-/t15?,16?,18-/m1/s1. The molecule has 7 heteroatoms. The number of halogens is 2. The summed E-state index contributed by atoms with van der Waals surface area (Å²) in [7, 11) is 1.35. The first-order chi connectivity index (χ1) is 13.2. The molecule has 1 aliphatic carbocycles. The number of esters is 1. The van der Waals surface area contributed by atoms with E-state index in [9.17, 15) is 23.2 Å². The highest BCUT2D eigenvalue weighted by Crippen LogP contribution is 2.39. The van der Waals surface area contributed by atoms with Crippen LogP contribution in [0.2, 0.25) is 0 Å². The van der Waals surface area contributed by atoms with Crippen molar-refractivity contribution in [2.75, 3.05) is 7.11 Å². The smallest absolute Gasteiger partial charge is 0.305 e. The monoisotopic (exact) mass is 418 g/mol. The van der Waals surface area contributed by atoms with Crippen molar-refractivity contribution in [1.82, 2.24) is 0 Å². The summed E-state index contributed by atoms with van der Waals surface area (Å²) in [4.78, 5) is 35.2. The van der Waals surface area contributed by atoms with Gasteiger partial charge in [0.2, 0.25) is 5.78 Å². The van der Waals surface area contributed by atoms with Gasteiger partial charge in [-0.15, -0.1) is 0 Å². The maximum Gasteiger partial charge on any atom is 0.305 e. The lowest BCUT2D eigenvalue weighted by Crippen LogP contribution is -2.30. The first-order valence-corrected chi connectivity index (χ1v) is 10.6. The van der Waals surface area contributed by atoms with Crippen molar-refractivity contribution < 1.29 is 27.9 Å². The van der Waals surface area contributed by atoms with Gasteiger partial charge in [-0.3, -0.25) is 14.4 Å². The number of thiol groups is 1. The number of Topliss-reactive ketones (excluding diaryl/α,β-unsaturated/α-hetero) is 2. The second-order valence-electron chi connectivity index (χ2n) is 7.45. The molecule has 0 aromatic heterocycles. The van der Waals surface area contributed by atoms with Gasteiger partial charge in [-0.1, -0.05) is 25.5 Å². The summed E-state index contributed by atoms with van der Waals surface area (Å²) in [6.45, 7) is 1.81. The molecule has 3 atom stereocenters. The molecule has 1 rings (SSSR count). The van der Waals surface area contributed by atoms with Gasteiger partial charge in [0, 0.05) is 36.9 Å². The van der Waals surface area contributed by atoms with Crippen molar-refractivity contribution >= 4 is 30.2 Å². The van der Waals surface area contributed by atoms with E-state index in [4.69, 9.17) is 0 Å². The van der Waals surface area contributed by atoms with Crippen LogP contribution in [0.1, 0.15) is 71.1 Å². The van der Waals surface area contributed by atoms with Crippen LogP contribution in [0.5, 0.6) is 0 Å². The quantitative estimate of drug-likeness (QED) is 0.199. The Labute approximate surface area is 171 Å². The lowest BCUT2D eigenvalue weighted by molar-refractivity contribution is -0.144. The van der Waals surface area contributed by atoms with Crippen LogP contribution in [0, 0.1) is 11.8 Å². The van der Waals surface area contributed by atoms with Crippen LogP contribution in [-0.4, -0.2) is 35.8 Å². The second kappa shape index (κ2) is 12.3. The summed E-state index contributed by atoms with van der Waals surface area (Å²) >= 11 is 4.45. The summed E-state index contributed by atoms with van der Waals surface area (Å²) in [5.41, 5.74) is 0. The Balaban J connectivity index is 2.51. The van der Waals surface area contributed by atoms with Crippen molar-refractivity contribution in [3.63, 3.8) is 0 Å². The zero-order valence-corrected chi connectivity index (χ0v) is 17.7. The van der Waals surface area contributed by atoms with E-state index in [-0.39, 0.29) is 41.7 Å². The van der Waals surface area contributed by atoms with E-state index >= 15 is 0 Å². The Hall–Kier alpha value is -1.24. The third-order valence-corrected chi connectivity index (χ3v) is 5.89. The maximum atomic E-state index is 13.9. The first-order valence-electron chi connectivity index (χ1n) is 10.1. The number of carbonyl (C=O) groups excluding carboxylic acids is 3. The summed E-state index contributed by atoms with van der Waals surface area (Å²) in [5.74, 6) is -4.93. The van der Waals surface area contributed by atoms with Gasteiger partial charge in [0.15, 0.2) is 0 Å². The van der Waals surface area contributed by atoms with Gasteiger partial charge in [0.05, 0.1) is 7.11 Å². The van der Waals surface area contributed by atoms with Gasteiger partial charge >= 0.3 is 11.9 Å². The van der Waals surface area contributed by atoms with Crippen LogP contribution in [0.3, 0.4) is 0 Å². The van der Waals surface area contributed by atoms with Crippen molar-refractivity contribution in [3.8, 4) is 0 Å². The summed E-state index contributed by atoms with van der Waals surface area (Å²) in [6.07, 6.45) is 6.94. The van der Waals surface area contributed by atoms with E-state index < -0.39 is 18.1 Å². The van der Waals surface area contributed by atoms with E-state index in [1.165, 1.54) is 7.11 Å². The molecule has 0 bridgehead atoms. The van der Waals surface area contributed by atoms with Gasteiger partial charge in [-0.2, -0.15) is 21.4 Å². The Bertz CT molecular complexity index is 563. The van der Waals surface area contributed by atoms with Crippen LogP contribution < -0.4 is 0 Å². The molecule has 0 aromatic carbocycles. The number of hydrogen-bond donors (Lipinski definition) is 1. The van der Waals surface area contributed by atoms with Crippen LogP contribution in [0.15, 0.2) is 12.2 Å². The lowest BCUT2D eigenvalue weighted by Gasteiger charge is -2.21. The molecule has 4 nitrogen and oxygen atoms in total. The van der Waals surface area contributed by atoms with Gasteiger partial charge in [0.1, 0.15) is 5.78 Å². The van der Waals surface area contributed by atoms with E-state index in [1.54, 1.807) is 0 Å². The number of allylic oxidation sites excluding steroid dienone is 2. The molecule has 0 radical (unpaired) electrons. The van der Waals surface area contributed by atoms with E-state index in [0.29, 0.717) is 44.9 Å². The molecule has 28 heavy (non-hydrogen) atoms. The van der Waals surface area contributed by atoms with Crippen molar-refractivity contribution in [2.24, 2.45) is 11.8 Å². The van der Waals surface area contributed by atoms with E-state index in [2.05, 4.69) is 17.4 Å². The highest BCUT2D eigenvalue weighted by molar-refractivity contribution is 7.81. The van der Waals surface area contributed by atoms with Crippen molar-refractivity contribution in [3.05, 3.63) is 12.2 Å². The number of rotatable bonds is 13. The molecule has 160 valence electrons. The summed E-state index contributed by atoms with van der Waals surface area (Å²) in [5, 5.41) is -0.192. The molecule has 0 amide bonds. The molecule has 2 unspecified atom stereocenters. The van der Waals surface area contributed by atoms with Crippen LogP contribution in [0.4, 0.5) is 8.78 Å². The Morgan fingerprint density at radius 1 is 1.25 bits per heavy atom. The molecule has 0 aromatic rings. The average molecular weight is 419 g/mol. The predicted octanol–water partition coefficient (Wildman–Crippen LogP) is 4.95. The van der Waals surface area contributed by atoms with Gasteiger partial charge in [-0.05, 0) is 38.0 Å². The van der Waals surface area contributed by atoms with E-state index in [1.807, 2.05) is 19.1 Å². The molecule has 0 N–H and O–H groups in total. The fourth-order valence-corrected chi connectivity index (χ4v) is 4.10. The Morgan fingerprint density at radius 2 is 1.96 bits per heavy atom. The molecular formula is C21H32F2O4S. The zero-order chi connectivity index (χ0) is 21.2. The molecular weight excluding hydrogens is 386 g/mol. The van der Waals surface area contributed by atoms with Gasteiger partial charge < -0.3 is 4.74 Å². The number of unbranched alkanes of at least 4 members (excludes halogenated alkanes) is 2. The minimum Gasteiger partial charge on any atom is -0.469 e. The number of ketones is 2. The van der Waals surface area contributed by atoms with Crippen LogP contribution in [0.25, 0.3) is 0 Å². The molecule has 1 saturated carbocycles. The van der Waals surface area contributed by atoms with Gasteiger partial charge in [-0.25, -0.2) is 0 Å². The normalized spacial score (nSPS) is 22.8. The molecule has 0 heterocycles. The lowest BCUT2D eigenvalue weighted by atomic mass is 9.86.